The minimum absolute atomic E-state index is 0.00588. The highest BCUT2D eigenvalue weighted by atomic mass is 16.7. The molecule has 5 N–H and O–H groups in total. The second-order valence-electron chi connectivity index (χ2n) is 13.4. The zero-order valence-electron chi connectivity index (χ0n) is 29.1. The Kier molecular flexibility index (Phi) is 12.8. The summed E-state index contributed by atoms with van der Waals surface area (Å²) in [5, 5.41) is 15.4. The predicted molar refractivity (Wildman–Crippen MR) is 200 cm³/mol. The molecule has 10 heteroatoms. The number of nitrogens with zero attached hydrogens (tertiary/aromatic N) is 2. The van der Waals surface area contributed by atoms with E-state index in [-0.39, 0.29) is 30.6 Å². The van der Waals surface area contributed by atoms with Crippen LogP contribution in [0.4, 0.5) is 17.1 Å². The molecule has 4 aromatic rings. The second-order valence-corrected chi connectivity index (χ2v) is 13.4. The van der Waals surface area contributed by atoms with Crippen molar-refractivity contribution in [1.29, 1.82) is 0 Å². The summed E-state index contributed by atoms with van der Waals surface area (Å²) in [7, 11) is 0. The molecule has 0 bridgehead atoms. The molecule has 2 heterocycles. The molecule has 10 nitrogen and oxygen atoms in total. The molecule has 268 valence electrons. The summed E-state index contributed by atoms with van der Waals surface area (Å²) in [6, 6.07) is 33.3. The highest BCUT2D eigenvalue weighted by Crippen LogP contribution is 2.39. The van der Waals surface area contributed by atoms with Gasteiger partial charge in [-0.25, -0.2) is 0 Å². The molecule has 2 aliphatic heterocycles. The monoisotopic (exact) mass is 691 g/mol. The fraction of sp³-hybridized carbons (Fsp3) is 0.366. The number of nitrogen functional groups attached to an aromatic ring is 1. The standard InChI is InChI=1S/C41H49N5O5/c42-36-13-4-5-14-37(36)44-40(49)16-7-6-15-39(48)43-34-12-8-11-33(25-34)41-50-35(26-38(51-41)32-19-17-31(29-47)18-20-32)28-46-23-21-45(22-24-46)27-30-9-2-1-3-10-30/h1-5,8-14,17-20,25,35,38,41,47H,6-7,15-16,21-24,26-29,42H2,(H,43,48)(H,44,49). The van der Waals surface area contributed by atoms with E-state index in [0.717, 1.165) is 56.0 Å². The fourth-order valence-electron chi connectivity index (χ4n) is 6.67. The van der Waals surface area contributed by atoms with E-state index in [4.69, 9.17) is 15.2 Å². The first-order chi connectivity index (χ1) is 24.9. The Balaban J connectivity index is 1.03. The van der Waals surface area contributed by atoms with Crippen LogP contribution in [0.15, 0.2) is 103 Å². The number of rotatable bonds is 14. The van der Waals surface area contributed by atoms with Gasteiger partial charge in [0.15, 0.2) is 6.29 Å². The van der Waals surface area contributed by atoms with Crippen molar-refractivity contribution in [1.82, 2.24) is 9.80 Å². The Bertz CT molecular complexity index is 1710. The molecule has 3 atom stereocenters. The fourth-order valence-corrected chi connectivity index (χ4v) is 6.67. The number of aliphatic hydroxyl groups excluding tert-OH is 1. The molecule has 0 aromatic heterocycles. The number of carbonyl (C=O) groups excluding carboxylic acids is 2. The van der Waals surface area contributed by atoms with Gasteiger partial charge in [0.1, 0.15) is 0 Å². The van der Waals surface area contributed by atoms with Gasteiger partial charge in [-0.15, -0.1) is 0 Å². The lowest BCUT2D eigenvalue weighted by Gasteiger charge is -2.41. The molecule has 0 saturated carbocycles. The molecule has 2 aliphatic rings. The third-order valence-electron chi connectivity index (χ3n) is 9.53. The van der Waals surface area contributed by atoms with Gasteiger partial charge in [-0.1, -0.05) is 78.9 Å². The normalized spacial score (nSPS) is 19.7. The Morgan fingerprint density at radius 1 is 0.725 bits per heavy atom. The predicted octanol–water partition coefficient (Wildman–Crippen LogP) is 6.26. The summed E-state index contributed by atoms with van der Waals surface area (Å²) in [4.78, 5) is 30.2. The van der Waals surface area contributed by atoms with Crippen LogP contribution in [0.5, 0.6) is 0 Å². The minimum Gasteiger partial charge on any atom is -0.397 e. The first-order valence-corrected chi connectivity index (χ1v) is 18.0. The number of hydrogen-bond donors (Lipinski definition) is 4. The number of carbonyl (C=O) groups is 2. The maximum absolute atomic E-state index is 12.9. The van der Waals surface area contributed by atoms with Gasteiger partial charge >= 0.3 is 0 Å². The van der Waals surface area contributed by atoms with Crippen LogP contribution in [0.1, 0.15) is 66.8 Å². The summed E-state index contributed by atoms with van der Waals surface area (Å²) >= 11 is 0. The van der Waals surface area contributed by atoms with Crippen molar-refractivity contribution in [2.45, 2.75) is 63.8 Å². The molecule has 0 aliphatic carbocycles. The lowest BCUT2D eigenvalue weighted by atomic mass is 9.99. The zero-order valence-corrected chi connectivity index (χ0v) is 29.1. The number of benzene rings is 4. The van der Waals surface area contributed by atoms with E-state index in [1.807, 2.05) is 60.7 Å². The molecule has 6 rings (SSSR count). The Morgan fingerprint density at radius 3 is 2.14 bits per heavy atom. The number of para-hydroxylation sites is 2. The summed E-state index contributed by atoms with van der Waals surface area (Å²) in [5.41, 5.74) is 11.8. The topological polar surface area (TPSA) is 129 Å². The SMILES string of the molecule is Nc1ccccc1NC(=O)CCCCC(=O)Nc1cccc(C2OC(CN3CCN(Cc4ccccc4)CC3)CC(c3ccc(CO)cc3)O2)c1. The number of nitrogens with one attached hydrogen (secondary N) is 2. The van der Waals surface area contributed by atoms with Crippen molar-refractivity contribution in [3.8, 4) is 0 Å². The van der Waals surface area contributed by atoms with Crippen molar-refractivity contribution < 1.29 is 24.2 Å². The number of aliphatic hydroxyl groups is 1. The first kappa shape index (κ1) is 36.2. The van der Waals surface area contributed by atoms with E-state index in [0.29, 0.717) is 49.2 Å². The van der Waals surface area contributed by atoms with E-state index in [1.165, 1.54) is 5.56 Å². The zero-order chi connectivity index (χ0) is 35.4. The van der Waals surface area contributed by atoms with Crippen LogP contribution >= 0.6 is 0 Å². The van der Waals surface area contributed by atoms with Crippen molar-refractivity contribution in [2.24, 2.45) is 0 Å². The van der Waals surface area contributed by atoms with Gasteiger partial charge < -0.3 is 30.9 Å². The lowest BCUT2D eigenvalue weighted by molar-refractivity contribution is -0.253. The lowest BCUT2D eigenvalue weighted by Crippen LogP contribution is -2.49. The Labute approximate surface area is 300 Å². The molecule has 0 radical (unpaired) electrons. The van der Waals surface area contributed by atoms with Crippen LogP contribution in [-0.4, -0.2) is 65.5 Å². The average Bonchev–Trinajstić information content (AvgIpc) is 3.15. The van der Waals surface area contributed by atoms with Gasteiger partial charge in [-0.05, 0) is 53.8 Å². The van der Waals surface area contributed by atoms with E-state index >= 15 is 0 Å². The number of amides is 2. The Morgan fingerprint density at radius 2 is 1.41 bits per heavy atom. The van der Waals surface area contributed by atoms with Crippen LogP contribution in [0, 0.1) is 0 Å². The number of nitrogens with two attached hydrogens (primary N) is 1. The molecule has 51 heavy (non-hydrogen) atoms. The van der Waals surface area contributed by atoms with Gasteiger partial charge in [0.2, 0.25) is 11.8 Å². The quantitative estimate of drug-likeness (QED) is 0.0901. The molecular weight excluding hydrogens is 642 g/mol. The number of unbranched alkanes of at least 4 members (excludes halogenated alkanes) is 1. The van der Waals surface area contributed by atoms with Crippen molar-refractivity contribution in [3.05, 3.63) is 125 Å². The summed E-state index contributed by atoms with van der Waals surface area (Å²) in [6.07, 6.45) is 1.63. The highest BCUT2D eigenvalue weighted by molar-refractivity contribution is 5.94. The molecule has 2 saturated heterocycles. The van der Waals surface area contributed by atoms with E-state index in [2.05, 4.69) is 50.8 Å². The van der Waals surface area contributed by atoms with Crippen molar-refractivity contribution >= 4 is 28.9 Å². The van der Waals surface area contributed by atoms with Crippen molar-refractivity contribution in [2.75, 3.05) is 49.1 Å². The van der Waals surface area contributed by atoms with E-state index in [9.17, 15) is 14.7 Å². The minimum atomic E-state index is -0.611. The van der Waals surface area contributed by atoms with Crippen LogP contribution in [0.2, 0.25) is 0 Å². The van der Waals surface area contributed by atoms with Crippen LogP contribution < -0.4 is 16.4 Å². The summed E-state index contributed by atoms with van der Waals surface area (Å²) < 4.78 is 13.2. The second kappa shape index (κ2) is 18.1. The summed E-state index contributed by atoms with van der Waals surface area (Å²) in [5.74, 6) is -0.240. The van der Waals surface area contributed by atoms with Gasteiger partial charge in [-0.2, -0.15) is 0 Å². The Hall–Kier alpha value is -4.58. The molecular formula is C41H49N5O5. The van der Waals surface area contributed by atoms with Gasteiger partial charge in [-0.3, -0.25) is 19.4 Å². The molecule has 2 amide bonds. The third-order valence-corrected chi connectivity index (χ3v) is 9.53. The third kappa shape index (κ3) is 10.7. The number of hydrogen-bond acceptors (Lipinski definition) is 8. The van der Waals surface area contributed by atoms with Crippen LogP contribution in [0.25, 0.3) is 0 Å². The van der Waals surface area contributed by atoms with Crippen LogP contribution in [0.3, 0.4) is 0 Å². The van der Waals surface area contributed by atoms with E-state index < -0.39 is 6.29 Å². The molecule has 3 unspecified atom stereocenters. The molecule has 4 aromatic carbocycles. The number of anilines is 3. The number of ether oxygens (including phenoxy) is 2. The smallest absolute Gasteiger partial charge is 0.224 e. The molecule has 2 fully saturated rings. The van der Waals surface area contributed by atoms with Crippen LogP contribution in [-0.2, 0) is 32.2 Å². The maximum atomic E-state index is 12.9. The van der Waals surface area contributed by atoms with E-state index in [1.54, 1.807) is 12.1 Å². The number of piperazine rings is 1. The van der Waals surface area contributed by atoms with Crippen molar-refractivity contribution in [3.63, 3.8) is 0 Å². The summed E-state index contributed by atoms with van der Waals surface area (Å²) in [6.45, 7) is 5.72. The molecule has 0 spiro atoms. The maximum Gasteiger partial charge on any atom is 0.224 e. The highest BCUT2D eigenvalue weighted by Gasteiger charge is 2.34. The van der Waals surface area contributed by atoms with Gasteiger partial charge in [0.05, 0.1) is 30.2 Å². The first-order valence-electron chi connectivity index (χ1n) is 18.0. The largest absolute Gasteiger partial charge is 0.397 e. The van der Waals surface area contributed by atoms with Gasteiger partial charge in [0, 0.05) is 69.8 Å². The average molecular weight is 692 g/mol. The van der Waals surface area contributed by atoms with Gasteiger partial charge in [0.25, 0.3) is 0 Å².